The molecule has 0 saturated heterocycles. The van der Waals surface area contributed by atoms with Crippen molar-refractivity contribution in [3.05, 3.63) is 245 Å². The van der Waals surface area contributed by atoms with Crippen molar-refractivity contribution in [1.82, 2.24) is 0 Å². The van der Waals surface area contributed by atoms with Crippen LogP contribution in [-0.4, -0.2) is 5.71 Å². The minimum Gasteiger partial charge on any atom is -0.280 e. The second-order valence-electron chi connectivity index (χ2n) is 21.7. The first-order chi connectivity index (χ1) is 36.0. The first-order valence-corrected chi connectivity index (χ1v) is 27.7. The minimum atomic E-state index is 0.0138. The summed E-state index contributed by atoms with van der Waals surface area (Å²) in [5.41, 5.74) is 15.4. The number of allylic oxidation sites excluding steroid dienone is 4. The average molecular weight is 958 g/mol. The van der Waals surface area contributed by atoms with E-state index in [1.165, 1.54) is 119 Å². The maximum atomic E-state index is 6.06. The fraction of sp³-hybridized carbons (Fsp3) is 0.197. The van der Waals surface area contributed by atoms with E-state index in [1.54, 1.807) is 5.57 Å². The normalized spacial score (nSPS) is 20.5. The molecular formula is C71H59NS. The van der Waals surface area contributed by atoms with Crippen molar-refractivity contribution in [3.63, 3.8) is 0 Å². The number of fused-ring (bicyclic) bond motifs is 10. The minimum absolute atomic E-state index is 0.0138. The highest BCUT2D eigenvalue weighted by molar-refractivity contribution is 7.26. The molecule has 1 aliphatic heterocycles. The lowest BCUT2D eigenvalue weighted by Crippen LogP contribution is -2.18. The van der Waals surface area contributed by atoms with Crippen LogP contribution in [0.3, 0.4) is 0 Å². The molecule has 0 N–H and O–H groups in total. The van der Waals surface area contributed by atoms with Crippen LogP contribution in [-0.2, 0) is 6.42 Å². The van der Waals surface area contributed by atoms with Crippen LogP contribution < -0.4 is 0 Å². The summed E-state index contributed by atoms with van der Waals surface area (Å²) in [6.07, 6.45) is 12.5. The second-order valence-corrected chi connectivity index (χ2v) is 22.7. The maximum absolute atomic E-state index is 6.06. The molecule has 0 radical (unpaired) electrons. The van der Waals surface area contributed by atoms with Gasteiger partial charge in [-0.25, -0.2) is 0 Å². The van der Waals surface area contributed by atoms with Crippen LogP contribution in [0.25, 0.3) is 80.0 Å². The SMILES string of the molecule is CC1CC(c2cc(C3CCc4cc5ccccc5cc4C4=C3C=CCC4)cc3sc4cc5ccccc5cc4c23)CCC(C)C(c2ccc3c(ccc4ccccc43)c2)N=C1c1cccc(-c2ccccc2)c1. The molecule has 10 aromatic carbocycles. The molecule has 1 nitrogen and oxygen atoms in total. The number of thiophene rings is 1. The third-order valence-corrected chi connectivity index (χ3v) is 18.3. The number of aryl methyl sites for hydroxylation is 1. The molecule has 2 aliphatic carbocycles. The van der Waals surface area contributed by atoms with E-state index < -0.39 is 0 Å². The fourth-order valence-electron chi connectivity index (χ4n) is 13.5. The van der Waals surface area contributed by atoms with Gasteiger partial charge in [0.05, 0.1) is 6.04 Å². The Kier molecular flexibility index (Phi) is 11.1. The molecule has 1 aromatic heterocycles. The van der Waals surface area contributed by atoms with Gasteiger partial charge in [0.2, 0.25) is 0 Å². The van der Waals surface area contributed by atoms with E-state index in [9.17, 15) is 0 Å². The first-order valence-electron chi connectivity index (χ1n) is 26.9. The number of aliphatic imine (C=N–C) groups is 1. The zero-order valence-electron chi connectivity index (χ0n) is 41.8. The Hall–Kier alpha value is -7.39. The molecule has 73 heavy (non-hydrogen) atoms. The van der Waals surface area contributed by atoms with Crippen LogP contribution >= 0.6 is 11.3 Å². The van der Waals surface area contributed by atoms with E-state index in [0.29, 0.717) is 17.8 Å². The molecule has 14 rings (SSSR count). The molecule has 0 fully saturated rings. The van der Waals surface area contributed by atoms with Crippen molar-refractivity contribution in [2.75, 3.05) is 0 Å². The lowest BCUT2D eigenvalue weighted by molar-refractivity contribution is 0.404. The van der Waals surface area contributed by atoms with E-state index in [-0.39, 0.29) is 12.0 Å². The van der Waals surface area contributed by atoms with Gasteiger partial charge in [-0.2, -0.15) is 0 Å². The van der Waals surface area contributed by atoms with E-state index in [2.05, 4.69) is 220 Å². The molecule has 5 unspecified atom stereocenters. The van der Waals surface area contributed by atoms with Crippen molar-refractivity contribution < 1.29 is 0 Å². The zero-order chi connectivity index (χ0) is 48.6. The van der Waals surface area contributed by atoms with Gasteiger partial charge >= 0.3 is 0 Å². The summed E-state index contributed by atoms with van der Waals surface area (Å²) in [7, 11) is 0. The van der Waals surface area contributed by atoms with Crippen molar-refractivity contribution in [3.8, 4) is 11.1 Å². The number of hydrogen-bond acceptors (Lipinski definition) is 2. The van der Waals surface area contributed by atoms with Gasteiger partial charge in [-0.05, 0) is 198 Å². The molecule has 5 atom stereocenters. The molecule has 0 amide bonds. The van der Waals surface area contributed by atoms with E-state index in [1.807, 2.05) is 11.3 Å². The van der Waals surface area contributed by atoms with E-state index in [0.717, 1.165) is 44.9 Å². The first kappa shape index (κ1) is 44.3. The summed E-state index contributed by atoms with van der Waals surface area (Å²) in [5.74, 6) is 1.16. The number of rotatable bonds is 5. The largest absolute Gasteiger partial charge is 0.280 e. The quantitative estimate of drug-likeness (QED) is 0.152. The Labute approximate surface area is 433 Å². The smallest absolute Gasteiger partial charge is 0.0778 e. The highest BCUT2D eigenvalue weighted by atomic mass is 32.1. The molecular weight excluding hydrogens is 899 g/mol. The molecule has 0 spiro atoms. The van der Waals surface area contributed by atoms with Gasteiger partial charge < -0.3 is 0 Å². The standard InChI is InChI=1S/C71H59NS/c1-44-27-28-53(35-45(2)71(56-23-14-22-48(37-56)46-15-4-3-5-16-46)72-70(44)57-32-34-60-54(38-57)30-29-47-17-10-11-24-59(47)60)65-41-58(43-68-69(65)66-40-51-20-8-9-21-52(51)42-67(66)73-68)61-33-31-55-36-49-18-6-7-19-50(49)39-64(55)63-26-13-12-25-62(61)63/h3-12,14-25,29-30,32,34,36-45,53,61,70H,13,26-28,31,33,35H2,1-2H3. The average Bonchev–Trinajstić information content (AvgIpc) is 3.74. The van der Waals surface area contributed by atoms with Gasteiger partial charge in [0.1, 0.15) is 0 Å². The summed E-state index contributed by atoms with van der Waals surface area (Å²) in [6, 6.07) is 74.0. The lowest BCUT2D eigenvalue weighted by Gasteiger charge is -2.27. The number of benzene rings is 10. The van der Waals surface area contributed by atoms with E-state index >= 15 is 0 Å². The Bertz CT molecular complexity index is 4070. The molecule has 0 bridgehead atoms. The number of nitrogens with zero attached hydrogens (tertiary/aromatic N) is 1. The van der Waals surface area contributed by atoms with Crippen molar-refractivity contribution in [2.45, 2.75) is 76.7 Å². The highest BCUT2D eigenvalue weighted by Crippen LogP contribution is 2.50. The van der Waals surface area contributed by atoms with Crippen molar-refractivity contribution in [1.29, 1.82) is 0 Å². The van der Waals surface area contributed by atoms with Crippen molar-refractivity contribution >= 4 is 85.9 Å². The Morgan fingerprint density at radius 2 is 1.21 bits per heavy atom. The van der Waals surface area contributed by atoms with Gasteiger partial charge in [0.25, 0.3) is 0 Å². The molecule has 0 saturated carbocycles. The fourth-order valence-corrected chi connectivity index (χ4v) is 14.7. The monoisotopic (exact) mass is 957 g/mol. The molecule has 3 aliphatic rings. The van der Waals surface area contributed by atoms with Gasteiger partial charge in [-0.3, -0.25) is 4.99 Å². The highest BCUT2D eigenvalue weighted by Gasteiger charge is 2.32. The molecule has 2 heterocycles. The summed E-state index contributed by atoms with van der Waals surface area (Å²) >= 11 is 2.01. The zero-order valence-corrected chi connectivity index (χ0v) is 42.6. The number of hydrogen-bond donors (Lipinski definition) is 0. The van der Waals surface area contributed by atoms with Gasteiger partial charge in [-0.15, -0.1) is 11.3 Å². The van der Waals surface area contributed by atoms with Gasteiger partial charge in [0, 0.05) is 31.8 Å². The molecule has 11 aromatic rings. The van der Waals surface area contributed by atoms with Crippen LogP contribution in [0.1, 0.15) is 104 Å². The maximum Gasteiger partial charge on any atom is 0.0778 e. The molecule has 2 heteroatoms. The van der Waals surface area contributed by atoms with Crippen LogP contribution in [0.4, 0.5) is 0 Å². The lowest BCUT2D eigenvalue weighted by atomic mass is 9.77. The third kappa shape index (κ3) is 7.94. The van der Waals surface area contributed by atoms with Crippen LogP contribution in [0.15, 0.2) is 217 Å². The Balaban J connectivity index is 0.937. The summed E-state index contributed by atoms with van der Waals surface area (Å²) < 4.78 is 2.82. The summed E-state index contributed by atoms with van der Waals surface area (Å²) in [6.45, 7) is 4.97. The van der Waals surface area contributed by atoms with Crippen molar-refractivity contribution in [2.24, 2.45) is 16.8 Å². The predicted octanol–water partition coefficient (Wildman–Crippen LogP) is 19.9. The van der Waals surface area contributed by atoms with Gasteiger partial charge in [0.15, 0.2) is 0 Å². The molecule has 354 valence electrons. The second kappa shape index (κ2) is 18.3. The Morgan fingerprint density at radius 3 is 2.05 bits per heavy atom. The summed E-state index contributed by atoms with van der Waals surface area (Å²) in [5, 5.41) is 13.4. The van der Waals surface area contributed by atoms with Crippen LogP contribution in [0.5, 0.6) is 0 Å². The third-order valence-electron chi connectivity index (χ3n) is 17.2. The summed E-state index contributed by atoms with van der Waals surface area (Å²) in [4.78, 5) is 6.06. The van der Waals surface area contributed by atoms with E-state index in [4.69, 9.17) is 4.99 Å². The van der Waals surface area contributed by atoms with Gasteiger partial charge in [-0.1, -0.05) is 184 Å². The Morgan fingerprint density at radius 1 is 0.493 bits per heavy atom. The van der Waals surface area contributed by atoms with Crippen LogP contribution in [0.2, 0.25) is 0 Å². The van der Waals surface area contributed by atoms with Crippen LogP contribution in [0, 0.1) is 11.8 Å². The topological polar surface area (TPSA) is 12.4 Å². The predicted molar refractivity (Wildman–Crippen MR) is 315 cm³/mol.